The van der Waals surface area contributed by atoms with Crippen molar-refractivity contribution < 1.29 is 22.9 Å². The Hall–Kier alpha value is -4.03. The van der Waals surface area contributed by atoms with E-state index in [-0.39, 0.29) is 22.8 Å². The molecule has 0 unspecified atom stereocenters. The van der Waals surface area contributed by atoms with Gasteiger partial charge in [0.15, 0.2) is 5.69 Å². The number of aromatic amines is 1. The molecule has 2 aromatic heterocycles. The second kappa shape index (κ2) is 7.18. The number of non-ortho nitro benzene ring substituents is 1. The SMILES string of the molecule is Cc1c(C(=O)Nc2cc(C(F)(F)F)c[nH]c2=O)nnn1-c1cccc([N+](=O)[O-])c1. The van der Waals surface area contributed by atoms with Crippen LogP contribution in [0.15, 0.2) is 41.3 Å². The first-order valence-corrected chi connectivity index (χ1v) is 7.86. The Kier molecular flexibility index (Phi) is 4.88. The molecule has 10 nitrogen and oxygen atoms in total. The summed E-state index contributed by atoms with van der Waals surface area (Å²) in [5.41, 5.74) is -2.77. The number of anilines is 1. The summed E-state index contributed by atoms with van der Waals surface area (Å²) in [5, 5.41) is 20.4. The molecular weight excluding hydrogens is 397 g/mol. The highest BCUT2D eigenvalue weighted by molar-refractivity contribution is 6.03. The van der Waals surface area contributed by atoms with E-state index in [1.54, 1.807) is 0 Å². The van der Waals surface area contributed by atoms with Gasteiger partial charge < -0.3 is 10.3 Å². The first-order valence-electron chi connectivity index (χ1n) is 7.86. The molecule has 0 spiro atoms. The first-order chi connectivity index (χ1) is 13.6. The van der Waals surface area contributed by atoms with Crippen molar-refractivity contribution in [3.05, 3.63) is 73.9 Å². The van der Waals surface area contributed by atoms with E-state index >= 15 is 0 Å². The monoisotopic (exact) mass is 408 g/mol. The topological polar surface area (TPSA) is 136 Å². The van der Waals surface area contributed by atoms with Gasteiger partial charge in [0.05, 0.1) is 21.9 Å². The highest BCUT2D eigenvalue weighted by Crippen LogP contribution is 2.29. The highest BCUT2D eigenvalue weighted by atomic mass is 19.4. The number of nitrogens with zero attached hydrogens (tertiary/aromatic N) is 4. The lowest BCUT2D eigenvalue weighted by Crippen LogP contribution is -2.22. The number of benzene rings is 1. The maximum atomic E-state index is 12.8. The minimum Gasteiger partial charge on any atom is -0.327 e. The van der Waals surface area contributed by atoms with Gasteiger partial charge in [-0.1, -0.05) is 11.3 Å². The fraction of sp³-hybridized carbons (Fsp3) is 0.125. The number of nitro groups is 1. The van der Waals surface area contributed by atoms with Crippen molar-refractivity contribution in [1.29, 1.82) is 0 Å². The van der Waals surface area contributed by atoms with Crippen molar-refractivity contribution in [2.24, 2.45) is 0 Å². The van der Waals surface area contributed by atoms with Gasteiger partial charge in [-0.25, -0.2) is 4.68 Å². The Bertz CT molecular complexity index is 1170. The maximum Gasteiger partial charge on any atom is 0.417 e. The van der Waals surface area contributed by atoms with Gasteiger partial charge in [-0.3, -0.25) is 19.7 Å². The standard InChI is InChI=1S/C16H11F3N6O4/c1-8-13(22-23-24(8)10-3-2-4-11(6-10)25(28)29)15(27)21-12-5-9(16(17,18)19)7-20-14(12)26/h2-7H,1H3,(H,20,26)(H,21,27). The number of nitro benzene ring substituents is 1. The number of H-pyrrole nitrogens is 1. The van der Waals surface area contributed by atoms with E-state index in [0.717, 1.165) is 4.68 Å². The minimum absolute atomic E-state index is 0.159. The molecule has 2 N–H and O–H groups in total. The molecule has 0 fully saturated rings. The van der Waals surface area contributed by atoms with Crippen molar-refractivity contribution in [2.75, 3.05) is 5.32 Å². The van der Waals surface area contributed by atoms with Crippen LogP contribution in [0.2, 0.25) is 0 Å². The lowest BCUT2D eigenvalue weighted by atomic mass is 10.2. The summed E-state index contributed by atoms with van der Waals surface area (Å²) in [6.07, 6.45) is -4.23. The van der Waals surface area contributed by atoms with Crippen molar-refractivity contribution in [3.8, 4) is 5.69 Å². The summed E-state index contributed by atoms with van der Waals surface area (Å²) in [6, 6.07) is 5.88. The van der Waals surface area contributed by atoms with Crippen molar-refractivity contribution in [2.45, 2.75) is 13.1 Å². The van der Waals surface area contributed by atoms with Gasteiger partial charge in [-0.15, -0.1) is 5.10 Å². The maximum absolute atomic E-state index is 12.8. The van der Waals surface area contributed by atoms with Crippen LogP contribution in [0.1, 0.15) is 21.7 Å². The smallest absolute Gasteiger partial charge is 0.327 e. The second-order valence-corrected chi connectivity index (χ2v) is 5.80. The largest absolute Gasteiger partial charge is 0.417 e. The Balaban J connectivity index is 1.92. The third-order valence-corrected chi connectivity index (χ3v) is 3.87. The normalized spacial score (nSPS) is 11.3. The van der Waals surface area contributed by atoms with Crippen LogP contribution in [-0.2, 0) is 6.18 Å². The average Bonchev–Trinajstić information content (AvgIpc) is 3.04. The van der Waals surface area contributed by atoms with Crippen LogP contribution in [0.25, 0.3) is 5.69 Å². The van der Waals surface area contributed by atoms with Gasteiger partial charge in [-0.05, 0) is 19.1 Å². The van der Waals surface area contributed by atoms with E-state index in [0.29, 0.717) is 12.3 Å². The molecule has 0 aliphatic rings. The van der Waals surface area contributed by atoms with Gasteiger partial charge in [0.2, 0.25) is 0 Å². The molecule has 0 saturated heterocycles. The van der Waals surface area contributed by atoms with Crippen LogP contribution in [0, 0.1) is 17.0 Å². The average molecular weight is 408 g/mol. The lowest BCUT2D eigenvalue weighted by Gasteiger charge is -2.08. The predicted octanol–water partition coefficient (Wildman–Crippen LogP) is 2.44. The molecule has 3 aromatic rings. The van der Waals surface area contributed by atoms with Crippen LogP contribution in [-0.4, -0.2) is 30.8 Å². The Morgan fingerprint density at radius 1 is 1.31 bits per heavy atom. The summed E-state index contributed by atoms with van der Waals surface area (Å²) in [6.45, 7) is 1.43. The molecule has 2 heterocycles. The summed E-state index contributed by atoms with van der Waals surface area (Å²) >= 11 is 0. The number of rotatable bonds is 4. The van der Waals surface area contributed by atoms with Gasteiger partial charge in [0.25, 0.3) is 17.2 Å². The molecule has 1 aromatic carbocycles. The van der Waals surface area contributed by atoms with Gasteiger partial charge in [0, 0.05) is 18.3 Å². The molecule has 13 heteroatoms. The second-order valence-electron chi connectivity index (χ2n) is 5.80. The van der Waals surface area contributed by atoms with Gasteiger partial charge in [-0.2, -0.15) is 13.2 Å². The van der Waals surface area contributed by atoms with E-state index < -0.39 is 33.8 Å². The highest BCUT2D eigenvalue weighted by Gasteiger charge is 2.31. The van der Waals surface area contributed by atoms with Crippen LogP contribution < -0.4 is 10.9 Å². The van der Waals surface area contributed by atoms with E-state index in [1.807, 2.05) is 4.98 Å². The number of amides is 1. The molecule has 0 atom stereocenters. The zero-order valence-corrected chi connectivity index (χ0v) is 14.5. The first kappa shape index (κ1) is 19.7. The summed E-state index contributed by atoms with van der Waals surface area (Å²) < 4.78 is 39.5. The number of alkyl halides is 3. The molecule has 29 heavy (non-hydrogen) atoms. The minimum atomic E-state index is -4.72. The third-order valence-electron chi connectivity index (χ3n) is 3.87. The number of nitrogens with one attached hydrogen (secondary N) is 2. The zero-order valence-electron chi connectivity index (χ0n) is 14.5. The summed E-state index contributed by atoms with van der Waals surface area (Å²) in [7, 11) is 0. The van der Waals surface area contributed by atoms with Crippen molar-refractivity contribution in [1.82, 2.24) is 20.0 Å². The predicted molar refractivity (Wildman–Crippen MR) is 92.8 cm³/mol. The number of hydrogen-bond acceptors (Lipinski definition) is 6. The quantitative estimate of drug-likeness (QED) is 0.503. The number of carbonyl (C=O) groups is 1. The molecule has 3 rings (SSSR count). The molecule has 0 aliphatic heterocycles. The van der Waals surface area contributed by atoms with E-state index in [1.165, 1.54) is 31.2 Å². The lowest BCUT2D eigenvalue weighted by molar-refractivity contribution is -0.384. The molecule has 0 bridgehead atoms. The fourth-order valence-corrected chi connectivity index (χ4v) is 2.44. The fourth-order valence-electron chi connectivity index (χ4n) is 2.44. The number of halogens is 3. The molecule has 0 saturated carbocycles. The number of hydrogen-bond donors (Lipinski definition) is 2. The van der Waals surface area contributed by atoms with E-state index in [2.05, 4.69) is 15.6 Å². The molecule has 0 aliphatic carbocycles. The van der Waals surface area contributed by atoms with Gasteiger partial charge in [0.1, 0.15) is 5.69 Å². The van der Waals surface area contributed by atoms with Crippen molar-refractivity contribution >= 4 is 17.3 Å². The summed E-state index contributed by atoms with van der Waals surface area (Å²) in [4.78, 5) is 36.3. The van der Waals surface area contributed by atoms with Crippen LogP contribution >= 0.6 is 0 Å². The molecule has 1 amide bonds. The number of pyridine rings is 1. The molecular formula is C16H11F3N6O4. The zero-order chi connectivity index (χ0) is 21.3. The number of carbonyl (C=O) groups excluding carboxylic acids is 1. The van der Waals surface area contributed by atoms with Crippen LogP contribution in [0.4, 0.5) is 24.5 Å². The van der Waals surface area contributed by atoms with Crippen molar-refractivity contribution in [3.63, 3.8) is 0 Å². The van der Waals surface area contributed by atoms with E-state index in [4.69, 9.17) is 0 Å². The Morgan fingerprint density at radius 3 is 2.69 bits per heavy atom. The Morgan fingerprint density at radius 2 is 2.03 bits per heavy atom. The van der Waals surface area contributed by atoms with Crippen LogP contribution in [0.3, 0.4) is 0 Å². The molecule has 150 valence electrons. The van der Waals surface area contributed by atoms with Gasteiger partial charge >= 0.3 is 6.18 Å². The van der Waals surface area contributed by atoms with Crippen LogP contribution in [0.5, 0.6) is 0 Å². The molecule has 0 radical (unpaired) electrons. The number of aromatic nitrogens is 4. The Labute approximate surface area is 159 Å². The summed E-state index contributed by atoms with van der Waals surface area (Å²) in [5.74, 6) is -0.969. The third kappa shape index (κ3) is 3.97. The van der Waals surface area contributed by atoms with E-state index in [9.17, 15) is 32.9 Å².